The van der Waals surface area contributed by atoms with Gasteiger partial charge in [0.25, 0.3) is 0 Å². The largest absolute Gasteiger partial charge is 0.497 e. The van der Waals surface area contributed by atoms with E-state index in [0.717, 1.165) is 0 Å². The zero-order valence-corrected chi connectivity index (χ0v) is 9.27. The van der Waals surface area contributed by atoms with Crippen molar-refractivity contribution in [1.29, 1.82) is 0 Å². The normalized spacial score (nSPS) is 17.9. The van der Waals surface area contributed by atoms with Crippen LogP contribution in [0.4, 0.5) is 0 Å². The number of hydrogen-bond donors (Lipinski definition) is 0. The van der Waals surface area contributed by atoms with Crippen LogP contribution in [0.2, 0.25) is 0 Å². The Bertz CT molecular complexity index is 427. The molecule has 1 aliphatic heterocycles. The lowest BCUT2D eigenvalue weighted by atomic mass is 10.1. The molecule has 0 bridgehead atoms. The maximum absolute atomic E-state index is 11.6. The second-order valence-corrected chi connectivity index (χ2v) is 3.27. The molecule has 1 aromatic carbocycles. The van der Waals surface area contributed by atoms with E-state index in [4.69, 9.17) is 18.9 Å². The molecular weight excluding hydrogens is 212 g/mol. The molecule has 0 saturated carbocycles. The van der Waals surface area contributed by atoms with Crippen LogP contribution < -0.4 is 9.47 Å². The number of esters is 1. The minimum Gasteiger partial charge on any atom is -0.497 e. The molecule has 5 nitrogen and oxygen atoms in total. The molecule has 0 aromatic heterocycles. The van der Waals surface area contributed by atoms with Crippen molar-refractivity contribution in [3.05, 3.63) is 23.3 Å². The smallest absolute Gasteiger partial charge is 0.345 e. The average Bonchev–Trinajstić information content (AvgIpc) is 2.65. The van der Waals surface area contributed by atoms with Gasteiger partial charge in [0.05, 0.1) is 14.2 Å². The first kappa shape index (κ1) is 10.8. The fourth-order valence-electron chi connectivity index (χ4n) is 1.69. The van der Waals surface area contributed by atoms with Crippen molar-refractivity contribution in [2.75, 3.05) is 21.3 Å². The van der Waals surface area contributed by atoms with Crippen LogP contribution in [0.1, 0.15) is 22.2 Å². The van der Waals surface area contributed by atoms with Gasteiger partial charge in [-0.2, -0.15) is 0 Å². The number of cyclic esters (lactones) is 1. The molecule has 0 aliphatic carbocycles. The van der Waals surface area contributed by atoms with E-state index in [-0.39, 0.29) is 0 Å². The van der Waals surface area contributed by atoms with Gasteiger partial charge in [0.15, 0.2) is 0 Å². The monoisotopic (exact) mass is 224 g/mol. The molecule has 0 amide bonds. The van der Waals surface area contributed by atoms with Crippen molar-refractivity contribution in [1.82, 2.24) is 0 Å². The van der Waals surface area contributed by atoms with Crippen molar-refractivity contribution >= 4 is 5.97 Å². The van der Waals surface area contributed by atoms with E-state index in [2.05, 4.69) is 0 Å². The standard InChI is InChI=1S/C11H12O5/c1-13-6-4-7-9(8(5-6)14-2)10(12)16-11(7)15-3/h4-5,11H,1-3H3/t11-/m0/s1. The third-order valence-electron chi connectivity index (χ3n) is 2.45. The van der Waals surface area contributed by atoms with Crippen molar-refractivity contribution in [2.24, 2.45) is 0 Å². The number of carbonyl (C=O) groups excluding carboxylic acids is 1. The SMILES string of the molecule is COc1cc(OC)c2c(c1)[C@@H](OC)OC2=O. The van der Waals surface area contributed by atoms with Gasteiger partial charge in [-0.15, -0.1) is 0 Å². The molecule has 1 aliphatic rings. The highest BCUT2D eigenvalue weighted by Gasteiger charge is 2.35. The van der Waals surface area contributed by atoms with Gasteiger partial charge >= 0.3 is 5.97 Å². The highest BCUT2D eigenvalue weighted by atomic mass is 16.7. The van der Waals surface area contributed by atoms with Crippen LogP contribution in [0.3, 0.4) is 0 Å². The first-order chi connectivity index (χ1) is 7.71. The Kier molecular flexibility index (Phi) is 2.70. The Morgan fingerprint density at radius 2 is 1.94 bits per heavy atom. The number of rotatable bonds is 3. The van der Waals surface area contributed by atoms with Crippen LogP contribution in [0.25, 0.3) is 0 Å². The van der Waals surface area contributed by atoms with Gasteiger partial charge in [-0.05, 0) is 6.07 Å². The van der Waals surface area contributed by atoms with Crippen LogP contribution in [-0.4, -0.2) is 27.3 Å². The number of methoxy groups -OCH3 is 3. The van der Waals surface area contributed by atoms with E-state index in [0.29, 0.717) is 22.6 Å². The number of benzene rings is 1. The van der Waals surface area contributed by atoms with Gasteiger partial charge in [0.2, 0.25) is 6.29 Å². The summed E-state index contributed by atoms with van der Waals surface area (Å²) in [5.41, 5.74) is 1.03. The number of hydrogen-bond acceptors (Lipinski definition) is 5. The second kappa shape index (κ2) is 4.02. The van der Waals surface area contributed by atoms with Gasteiger partial charge in [-0.1, -0.05) is 0 Å². The molecule has 5 heteroatoms. The molecule has 16 heavy (non-hydrogen) atoms. The summed E-state index contributed by atoms with van der Waals surface area (Å²) in [5, 5.41) is 0. The van der Waals surface area contributed by atoms with Crippen molar-refractivity contribution in [2.45, 2.75) is 6.29 Å². The first-order valence-electron chi connectivity index (χ1n) is 4.71. The summed E-state index contributed by atoms with van der Waals surface area (Å²) in [6.45, 7) is 0. The van der Waals surface area contributed by atoms with Gasteiger partial charge in [-0.3, -0.25) is 0 Å². The molecule has 0 N–H and O–H groups in total. The highest BCUT2D eigenvalue weighted by molar-refractivity contribution is 5.97. The molecule has 0 fully saturated rings. The lowest BCUT2D eigenvalue weighted by molar-refractivity contribution is -0.0816. The van der Waals surface area contributed by atoms with Gasteiger partial charge in [-0.25, -0.2) is 4.79 Å². The predicted molar refractivity (Wildman–Crippen MR) is 54.7 cm³/mol. The van der Waals surface area contributed by atoms with Crippen LogP contribution in [-0.2, 0) is 9.47 Å². The number of fused-ring (bicyclic) bond motifs is 1. The molecular formula is C11H12O5. The molecule has 0 spiro atoms. The van der Waals surface area contributed by atoms with Crippen LogP contribution in [0, 0.1) is 0 Å². The maximum Gasteiger partial charge on any atom is 0.345 e. The van der Waals surface area contributed by atoms with E-state index < -0.39 is 12.3 Å². The van der Waals surface area contributed by atoms with E-state index in [1.807, 2.05) is 0 Å². The summed E-state index contributed by atoms with van der Waals surface area (Å²) < 4.78 is 20.3. The topological polar surface area (TPSA) is 54.0 Å². The van der Waals surface area contributed by atoms with Crippen molar-refractivity contribution < 1.29 is 23.7 Å². The molecule has 1 atom stereocenters. The summed E-state index contributed by atoms with van der Waals surface area (Å²) in [7, 11) is 4.50. The molecule has 1 aromatic rings. The minimum atomic E-state index is -0.688. The minimum absolute atomic E-state index is 0.398. The zero-order chi connectivity index (χ0) is 11.7. The van der Waals surface area contributed by atoms with Gasteiger partial charge in [0.1, 0.15) is 17.1 Å². The van der Waals surface area contributed by atoms with Crippen molar-refractivity contribution in [3.63, 3.8) is 0 Å². The van der Waals surface area contributed by atoms with E-state index >= 15 is 0 Å². The van der Waals surface area contributed by atoms with Gasteiger partial charge in [0, 0.05) is 18.7 Å². The Morgan fingerprint density at radius 3 is 2.50 bits per heavy atom. The summed E-state index contributed by atoms with van der Waals surface area (Å²) in [6.07, 6.45) is -0.688. The van der Waals surface area contributed by atoms with E-state index in [1.54, 1.807) is 19.2 Å². The summed E-state index contributed by atoms with van der Waals surface area (Å²) in [4.78, 5) is 11.6. The van der Waals surface area contributed by atoms with Crippen LogP contribution in [0.5, 0.6) is 11.5 Å². The molecule has 2 rings (SSSR count). The maximum atomic E-state index is 11.6. The lowest BCUT2D eigenvalue weighted by Gasteiger charge is -2.10. The van der Waals surface area contributed by atoms with Crippen LogP contribution >= 0.6 is 0 Å². The zero-order valence-electron chi connectivity index (χ0n) is 9.27. The highest BCUT2D eigenvalue weighted by Crippen LogP contribution is 2.39. The number of ether oxygens (including phenoxy) is 4. The molecule has 86 valence electrons. The number of carbonyl (C=O) groups is 1. The summed E-state index contributed by atoms with van der Waals surface area (Å²) in [6, 6.07) is 3.34. The van der Waals surface area contributed by atoms with Crippen LogP contribution in [0.15, 0.2) is 12.1 Å². The predicted octanol–water partition coefficient (Wildman–Crippen LogP) is 1.52. The summed E-state index contributed by atoms with van der Waals surface area (Å²) in [5.74, 6) is 0.580. The summed E-state index contributed by atoms with van der Waals surface area (Å²) >= 11 is 0. The Balaban J connectivity index is 2.59. The first-order valence-corrected chi connectivity index (χ1v) is 4.71. The second-order valence-electron chi connectivity index (χ2n) is 3.27. The van der Waals surface area contributed by atoms with Crippen molar-refractivity contribution in [3.8, 4) is 11.5 Å². The third kappa shape index (κ3) is 1.49. The fraction of sp³-hybridized carbons (Fsp3) is 0.364. The molecule has 1 heterocycles. The quantitative estimate of drug-likeness (QED) is 0.728. The molecule has 0 unspecified atom stereocenters. The average molecular weight is 224 g/mol. The molecule has 0 saturated heterocycles. The third-order valence-corrected chi connectivity index (χ3v) is 2.45. The lowest BCUT2D eigenvalue weighted by Crippen LogP contribution is -2.00. The fourth-order valence-corrected chi connectivity index (χ4v) is 1.69. The van der Waals surface area contributed by atoms with E-state index in [9.17, 15) is 4.79 Å². The van der Waals surface area contributed by atoms with E-state index in [1.165, 1.54) is 14.2 Å². The molecule has 0 radical (unpaired) electrons. The Morgan fingerprint density at radius 1 is 1.19 bits per heavy atom. The Hall–Kier alpha value is -1.75. The van der Waals surface area contributed by atoms with Gasteiger partial charge < -0.3 is 18.9 Å². The Labute approximate surface area is 92.9 Å².